The molecule has 1 aromatic carbocycles. The molecule has 1 atom stereocenters. The van der Waals surface area contributed by atoms with Gasteiger partial charge in [0.25, 0.3) is 0 Å². The number of carbonyl (C=O) groups excluding carboxylic acids is 1. The first kappa shape index (κ1) is 25.0. The minimum atomic E-state index is 0. The molecule has 2 fully saturated rings. The van der Waals surface area contributed by atoms with E-state index in [0.717, 1.165) is 56.8 Å². The lowest BCUT2D eigenvalue weighted by molar-refractivity contribution is -0.134. The predicted octanol–water partition coefficient (Wildman–Crippen LogP) is 4.00. The van der Waals surface area contributed by atoms with Gasteiger partial charge in [-0.05, 0) is 31.2 Å². The summed E-state index contributed by atoms with van der Waals surface area (Å²) in [5.74, 6) is 1.39. The molecular weight excluding hydrogens is 533 g/mol. The predicted molar refractivity (Wildman–Crippen MR) is 142 cm³/mol. The minimum absolute atomic E-state index is 0. The average Bonchev–Trinajstić information content (AvgIpc) is 3.57. The standard InChI is InChI=1S/C24H33N5OS.HI/c1-25-24(28-20-13-14-29(16-20)23(30)19-9-5-6-10-19)26-15-21-17-31-22(27-21)12-11-18-7-3-2-4-8-18;/h2-4,7-8,17,19-20H,5-6,9-16H2,1H3,(H2,25,26,28);1H. The van der Waals surface area contributed by atoms with Gasteiger partial charge in [-0.3, -0.25) is 9.79 Å². The summed E-state index contributed by atoms with van der Waals surface area (Å²) in [5.41, 5.74) is 2.39. The summed E-state index contributed by atoms with van der Waals surface area (Å²) < 4.78 is 0. The Hall–Kier alpha value is -1.68. The third kappa shape index (κ3) is 6.91. The van der Waals surface area contributed by atoms with Gasteiger partial charge < -0.3 is 15.5 Å². The maximum atomic E-state index is 12.7. The van der Waals surface area contributed by atoms with Crippen molar-refractivity contribution in [2.75, 3.05) is 20.1 Å². The highest BCUT2D eigenvalue weighted by Gasteiger charge is 2.32. The highest BCUT2D eigenvalue weighted by molar-refractivity contribution is 14.0. The molecule has 8 heteroatoms. The van der Waals surface area contributed by atoms with Crippen LogP contribution in [0.5, 0.6) is 0 Å². The molecule has 2 aliphatic rings. The number of aromatic nitrogens is 1. The Kier molecular flexibility index (Phi) is 9.77. The van der Waals surface area contributed by atoms with Gasteiger partial charge in [0, 0.05) is 43.9 Å². The number of guanidine groups is 1. The molecule has 4 rings (SSSR count). The Morgan fingerprint density at radius 2 is 1.97 bits per heavy atom. The quantitative estimate of drug-likeness (QED) is 0.302. The number of aryl methyl sites for hydroxylation is 2. The highest BCUT2D eigenvalue weighted by atomic mass is 127. The molecule has 1 saturated carbocycles. The third-order valence-electron chi connectivity index (χ3n) is 6.28. The van der Waals surface area contributed by atoms with Crippen molar-refractivity contribution in [1.29, 1.82) is 0 Å². The molecule has 2 aromatic rings. The fraction of sp³-hybridized carbons (Fsp3) is 0.542. The van der Waals surface area contributed by atoms with Crippen LogP contribution in [-0.2, 0) is 24.2 Å². The van der Waals surface area contributed by atoms with Crippen LogP contribution in [0.1, 0.15) is 48.4 Å². The number of likely N-dealkylation sites (tertiary alicyclic amines) is 1. The van der Waals surface area contributed by atoms with Gasteiger partial charge in [0.05, 0.1) is 17.2 Å². The number of aliphatic imine (C=N–C) groups is 1. The number of thiazole rings is 1. The summed E-state index contributed by atoms with van der Waals surface area (Å²) in [6.45, 7) is 2.27. The number of benzene rings is 1. The lowest BCUT2D eigenvalue weighted by Gasteiger charge is -2.21. The van der Waals surface area contributed by atoms with Gasteiger partial charge in [-0.1, -0.05) is 43.2 Å². The van der Waals surface area contributed by atoms with Crippen molar-refractivity contribution >= 4 is 47.2 Å². The molecule has 1 aromatic heterocycles. The van der Waals surface area contributed by atoms with E-state index in [-0.39, 0.29) is 35.9 Å². The lowest BCUT2D eigenvalue weighted by atomic mass is 10.1. The second-order valence-corrected chi connectivity index (χ2v) is 9.48. The smallest absolute Gasteiger partial charge is 0.225 e. The van der Waals surface area contributed by atoms with Crippen LogP contribution < -0.4 is 10.6 Å². The van der Waals surface area contributed by atoms with Crippen LogP contribution >= 0.6 is 35.3 Å². The van der Waals surface area contributed by atoms with Gasteiger partial charge in [0.15, 0.2) is 5.96 Å². The number of rotatable bonds is 7. The van der Waals surface area contributed by atoms with Crippen molar-refractivity contribution in [2.45, 2.75) is 57.5 Å². The zero-order valence-electron chi connectivity index (χ0n) is 18.8. The summed E-state index contributed by atoms with van der Waals surface area (Å²) in [7, 11) is 1.79. The first-order valence-corrected chi connectivity index (χ1v) is 12.3. The molecule has 1 aliphatic heterocycles. The Morgan fingerprint density at radius 1 is 1.19 bits per heavy atom. The molecular formula is C24H34IN5OS. The third-order valence-corrected chi connectivity index (χ3v) is 7.23. The molecule has 0 spiro atoms. The van der Waals surface area contributed by atoms with Gasteiger partial charge in [0.1, 0.15) is 0 Å². The molecule has 1 amide bonds. The largest absolute Gasteiger partial charge is 0.352 e. The highest BCUT2D eigenvalue weighted by Crippen LogP contribution is 2.27. The molecule has 0 bridgehead atoms. The number of carbonyl (C=O) groups is 1. The molecule has 174 valence electrons. The Balaban J connectivity index is 0.00000289. The van der Waals surface area contributed by atoms with Crippen molar-refractivity contribution in [1.82, 2.24) is 20.5 Å². The zero-order chi connectivity index (χ0) is 21.5. The minimum Gasteiger partial charge on any atom is -0.352 e. The summed E-state index contributed by atoms with van der Waals surface area (Å²) in [5, 5.41) is 10.2. The lowest BCUT2D eigenvalue weighted by Crippen LogP contribution is -2.45. The zero-order valence-corrected chi connectivity index (χ0v) is 21.9. The van der Waals surface area contributed by atoms with Crippen molar-refractivity contribution in [2.24, 2.45) is 10.9 Å². The van der Waals surface area contributed by atoms with E-state index in [1.807, 2.05) is 11.0 Å². The average molecular weight is 568 g/mol. The van der Waals surface area contributed by atoms with E-state index in [1.54, 1.807) is 18.4 Å². The molecule has 1 saturated heterocycles. The summed E-state index contributed by atoms with van der Waals surface area (Å²) >= 11 is 1.72. The maximum Gasteiger partial charge on any atom is 0.225 e. The van der Waals surface area contributed by atoms with E-state index in [1.165, 1.54) is 23.4 Å². The van der Waals surface area contributed by atoms with Crippen molar-refractivity contribution in [3.63, 3.8) is 0 Å². The van der Waals surface area contributed by atoms with Crippen LogP contribution in [0.3, 0.4) is 0 Å². The van der Waals surface area contributed by atoms with Gasteiger partial charge in [-0.2, -0.15) is 0 Å². The number of hydrogen-bond donors (Lipinski definition) is 2. The van der Waals surface area contributed by atoms with Gasteiger partial charge in [-0.25, -0.2) is 4.98 Å². The number of amides is 1. The van der Waals surface area contributed by atoms with Crippen LogP contribution in [0.15, 0.2) is 40.7 Å². The Morgan fingerprint density at radius 3 is 2.72 bits per heavy atom. The fourth-order valence-corrected chi connectivity index (χ4v) is 5.31. The molecule has 0 radical (unpaired) electrons. The monoisotopic (exact) mass is 567 g/mol. The van der Waals surface area contributed by atoms with Gasteiger partial charge in [0.2, 0.25) is 5.91 Å². The van der Waals surface area contributed by atoms with Gasteiger partial charge >= 0.3 is 0 Å². The van der Waals surface area contributed by atoms with E-state index < -0.39 is 0 Å². The van der Waals surface area contributed by atoms with Crippen LogP contribution in [0.25, 0.3) is 0 Å². The maximum absolute atomic E-state index is 12.7. The van der Waals surface area contributed by atoms with E-state index in [4.69, 9.17) is 4.98 Å². The molecule has 1 unspecified atom stereocenters. The first-order chi connectivity index (χ1) is 15.2. The Labute approximate surface area is 212 Å². The van der Waals surface area contributed by atoms with E-state index >= 15 is 0 Å². The van der Waals surface area contributed by atoms with Crippen molar-refractivity contribution in [3.05, 3.63) is 52.0 Å². The molecule has 1 aliphatic carbocycles. The number of nitrogens with zero attached hydrogens (tertiary/aromatic N) is 3. The van der Waals surface area contributed by atoms with Crippen LogP contribution in [0, 0.1) is 5.92 Å². The second-order valence-electron chi connectivity index (χ2n) is 8.54. The SMILES string of the molecule is CN=C(NCc1csc(CCc2ccccc2)n1)NC1CCN(C(=O)C2CCCC2)C1.I. The van der Waals surface area contributed by atoms with Crippen LogP contribution in [0.2, 0.25) is 0 Å². The molecule has 6 nitrogen and oxygen atoms in total. The number of halogens is 1. The molecule has 32 heavy (non-hydrogen) atoms. The fourth-order valence-electron chi connectivity index (χ4n) is 4.51. The number of nitrogens with one attached hydrogen (secondary N) is 2. The van der Waals surface area contributed by atoms with Crippen molar-refractivity contribution in [3.8, 4) is 0 Å². The van der Waals surface area contributed by atoms with Gasteiger partial charge in [-0.15, -0.1) is 35.3 Å². The van der Waals surface area contributed by atoms with Crippen LogP contribution in [0.4, 0.5) is 0 Å². The van der Waals surface area contributed by atoms with E-state index in [9.17, 15) is 4.79 Å². The molecule has 2 heterocycles. The van der Waals surface area contributed by atoms with E-state index in [0.29, 0.717) is 12.5 Å². The Bertz CT molecular complexity index is 882. The van der Waals surface area contributed by atoms with Crippen LogP contribution in [-0.4, -0.2) is 47.9 Å². The summed E-state index contributed by atoms with van der Waals surface area (Å²) in [4.78, 5) is 23.8. The topological polar surface area (TPSA) is 69.6 Å². The summed E-state index contributed by atoms with van der Waals surface area (Å²) in [6, 6.07) is 10.8. The van der Waals surface area contributed by atoms with E-state index in [2.05, 4.69) is 45.3 Å². The summed E-state index contributed by atoms with van der Waals surface area (Å²) in [6.07, 6.45) is 7.49. The number of hydrogen-bond acceptors (Lipinski definition) is 4. The normalized spacial score (nSPS) is 19.1. The first-order valence-electron chi connectivity index (χ1n) is 11.4. The molecule has 2 N–H and O–H groups in total. The second kappa shape index (κ2) is 12.5. The van der Waals surface area contributed by atoms with Crippen molar-refractivity contribution < 1.29 is 4.79 Å².